The van der Waals surface area contributed by atoms with Crippen molar-refractivity contribution in [2.45, 2.75) is 58.2 Å². The lowest BCUT2D eigenvalue weighted by Gasteiger charge is -2.39. The Morgan fingerprint density at radius 3 is 2.59 bits per heavy atom. The van der Waals surface area contributed by atoms with E-state index in [9.17, 15) is 4.79 Å². The van der Waals surface area contributed by atoms with Crippen molar-refractivity contribution in [2.75, 3.05) is 13.1 Å². The van der Waals surface area contributed by atoms with Crippen molar-refractivity contribution in [1.29, 1.82) is 0 Å². The number of piperidine rings is 1. The molecule has 2 aliphatic heterocycles. The average Bonchev–Trinajstić information content (AvgIpc) is 2.68. The Balaban J connectivity index is 1.36. The van der Waals surface area contributed by atoms with E-state index in [0.717, 1.165) is 50.2 Å². The van der Waals surface area contributed by atoms with Crippen molar-refractivity contribution in [3.05, 3.63) is 65.2 Å². The molecule has 1 saturated heterocycles. The minimum atomic E-state index is -0.280. The highest BCUT2D eigenvalue weighted by molar-refractivity contribution is 5.79. The maximum absolute atomic E-state index is 13.0. The first-order valence-electron chi connectivity index (χ1n) is 10.8. The van der Waals surface area contributed by atoms with Crippen molar-refractivity contribution >= 4 is 5.91 Å². The molecule has 2 aliphatic rings. The molecule has 2 aromatic carbocycles. The monoisotopic (exact) mass is 392 g/mol. The number of carbonyl (C=O) groups is 1. The molecule has 0 unspecified atom stereocenters. The molecular weight excluding hydrogens is 360 g/mol. The fourth-order valence-corrected chi connectivity index (χ4v) is 4.57. The van der Waals surface area contributed by atoms with Crippen LogP contribution in [0.2, 0.25) is 0 Å². The molecule has 1 fully saturated rings. The topological polar surface area (TPSA) is 41.6 Å². The molecule has 29 heavy (non-hydrogen) atoms. The minimum absolute atomic E-state index is 0.0178. The van der Waals surface area contributed by atoms with Crippen LogP contribution < -0.4 is 10.1 Å². The van der Waals surface area contributed by atoms with Gasteiger partial charge in [-0.25, -0.2) is 0 Å². The number of benzene rings is 2. The van der Waals surface area contributed by atoms with Crippen molar-refractivity contribution in [3.8, 4) is 5.75 Å². The number of ether oxygens (including phenoxy) is 1. The first-order chi connectivity index (χ1) is 13.9. The maximum atomic E-state index is 13.0. The Labute approximate surface area is 174 Å². The number of aryl methyl sites for hydroxylation is 1. The largest absolute Gasteiger partial charge is 0.487 e. The van der Waals surface area contributed by atoms with Crippen LogP contribution in [0.3, 0.4) is 0 Å². The Hall–Kier alpha value is -2.33. The van der Waals surface area contributed by atoms with Crippen LogP contribution in [0, 0.1) is 12.8 Å². The molecule has 1 amide bonds. The van der Waals surface area contributed by atoms with Crippen molar-refractivity contribution in [1.82, 2.24) is 10.2 Å². The fourth-order valence-electron chi connectivity index (χ4n) is 4.57. The van der Waals surface area contributed by atoms with Gasteiger partial charge in [0.2, 0.25) is 5.91 Å². The highest BCUT2D eigenvalue weighted by Gasteiger charge is 2.36. The summed E-state index contributed by atoms with van der Waals surface area (Å²) in [5.74, 6) is 1.20. The van der Waals surface area contributed by atoms with E-state index in [1.807, 2.05) is 0 Å². The third-order valence-electron chi connectivity index (χ3n) is 6.15. The summed E-state index contributed by atoms with van der Waals surface area (Å²) in [5, 5.41) is 3.35. The second-order valence-corrected chi connectivity index (χ2v) is 9.20. The van der Waals surface area contributed by atoms with Crippen molar-refractivity contribution < 1.29 is 9.53 Å². The number of carbonyl (C=O) groups excluding carboxylic acids is 1. The van der Waals surface area contributed by atoms with Crippen LogP contribution >= 0.6 is 0 Å². The number of likely N-dealkylation sites (tertiary alicyclic amines) is 1. The molecule has 154 valence electrons. The van der Waals surface area contributed by atoms with Gasteiger partial charge in [0.05, 0.1) is 6.04 Å². The normalized spacial score (nSPS) is 21.8. The lowest BCUT2D eigenvalue weighted by atomic mass is 9.88. The molecule has 2 heterocycles. The lowest BCUT2D eigenvalue weighted by Crippen LogP contribution is -2.45. The SMILES string of the molecule is Cc1ccc2c(c1)OC(C)(C)C[C@@H]2NC(=O)C1CCN(Cc2ccccc2)CC1. The van der Waals surface area contributed by atoms with Crippen LogP contribution in [0.4, 0.5) is 0 Å². The molecule has 0 saturated carbocycles. The Kier molecular flexibility index (Phi) is 5.64. The summed E-state index contributed by atoms with van der Waals surface area (Å²) in [6.07, 6.45) is 2.64. The predicted molar refractivity (Wildman–Crippen MR) is 116 cm³/mol. The molecule has 0 aliphatic carbocycles. The number of rotatable bonds is 4. The lowest BCUT2D eigenvalue weighted by molar-refractivity contribution is -0.127. The molecule has 4 nitrogen and oxygen atoms in total. The zero-order valence-corrected chi connectivity index (χ0v) is 17.8. The number of fused-ring (bicyclic) bond motifs is 1. The smallest absolute Gasteiger partial charge is 0.223 e. The van der Waals surface area contributed by atoms with Crippen LogP contribution in [0.1, 0.15) is 55.8 Å². The van der Waals surface area contributed by atoms with Gasteiger partial charge in [0.15, 0.2) is 0 Å². The summed E-state index contributed by atoms with van der Waals surface area (Å²) < 4.78 is 6.17. The highest BCUT2D eigenvalue weighted by Crippen LogP contribution is 2.40. The first-order valence-corrected chi connectivity index (χ1v) is 10.8. The molecule has 0 spiro atoms. The Morgan fingerprint density at radius 1 is 1.14 bits per heavy atom. The average molecular weight is 393 g/mol. The molecule has 4 rings (SSSR count). The molecule has 0 aromatic heterocycles. The van der Waals surface area contributed by atoms with Crippen LogP contribution in [-0.4, -0.2) is 29.5 Å². The van der Waals surface area contributed by atoms with Gasteiger partial charge in [0.25, 0.3) is 0 Å². The van der Waals surface area contributed by atoms with E-state index in [1.54, 1.807) is 0 Å². The van der Waals surface area contributed by atoms with Crippen molar-refractivity contribution in [2.24, 2.45) is 5.92 Å². The number of hydrogen-bond donors (Lipinski definition) is 1. The summed E-state index contributed by atoms with van der Waals surface area (Å²) in [5.41, 5.74) is 3.34. The second-order valence-electron chi connectivity index (χ2n) is 9.20. The van der Waals surface area contributed by atoms with Gasteiger partial charge in [-0.3, -0.25) is 9.69 Å². The van der Waals surface area contributed by atoms with Crippen molar-refractivity contribution in [3.63, 3.8) is 0 Å². The molecule has 0 bridgehead atoms. The predicted octanol–water partition coefficient (Wildman–Crippen LogP) is 4.63. The van der Waals surface area contributed by atoms with E-state index >= 15 is 0 Å². The second kappa shape index (κ2) is 8.19. The van der Waals surface area contributed by atoms with Crippen LogP contribution in [0.15, 0.2) is 48.5 Å². The summed E-state index contributed by atoms with van der Waals surface area (Å²) in [6.45, 7) is 9.18. The van der Waals surface area contributed by atoms with Crippen LogP contribution in [-0.2, 0) is 11.3 Å². The number of hydrogen-bond acceptors (Lipinski definition) is 3. The van der Waals surface area contributed by atoms with Gasteiger partial charge in [-0.1, -0.05) is 42.5 Å². The summed E-state index contributed by atoms with van der Waals surface area (Å²) in [7, 11) is 0. The molecular formula is C25H32N2O2. The number of nitrogens with zero attached hydrogens (tertiary/aromatic N) is 1. The van der Waals surface area contributed by atoms with Crippen LogP contribution in [0.25, 0.3) is 0 Å². The van der Waals surface area contributed by atoms with E-state index < -0.39 is 0 Å². The van der Waals surface area contributed by atoms with E-state index in [1.165, 1.54) is 11.1 Å². The zero-order chi connectivity index (χ0) is 20.4. The molecule has 4 heteroatoms. The van der Waals surface area contributed by atoms with E-state index in [-0.39, 0.29) is 23.5 Å². The summed E-state index contributed by atoms with van der Waals surface area (Å²) in [6, 6.07) is 16.9. The van der Waals surface area contributed by atoms with Gasteiger partial charge in [0.1, 0.15) is 11.4 Å². The number of amides is 1. The molecule has 1 N–H and O–H groups in total. The van der Waals surface area contributed by atoms with Gasteiger partial charge in [-0.15, -0.1) is 0 Å². The highest BCUT2D eigenvalue weighted by atomic mass is 16.5. The summed E-state index contributed by atoms with van der Waals surface area (Å²) >= 11 is 0. The zero-order valence-electron chi connectivity index (χ0n) is 17.8. The molecule has 2 aromatic rings. The molecule has 1 atom stereocenters. The van der Waals surface area contributed by atoms with E-state index in [0.29, 0.717) is 0 Å². The maximum Gasteiger partial charge on any atom is 0.223 e. The van der Waals surface area contributed by atoms with Gasteiger partial charge >= 0.3 is 0 Å². The van der Waals surface area contributed by atoms with Gasteiger partial charge in [-0.2, -0.15) is 0 Å². The van der Waals surface area contributed by atoms with Crippen LogP contribution in [0.5, 0.6) is 5.75 Å². The van der Waals surface area contributed by atoms with Gasteiger partial charge in [-0.05, 0) is 63.9 Å². The molecule has 0 radical (unpaired) electrons. The van der Waals surface area contributed by atoms with E-state index in [2.05, 4.69) is 79.5 Å². The van der Waals surface area contributed by atoms with Gasteiger partial charge < -0.3 is 10.1 Å². The quantitative estimate of drug-likeness (QED) is 0.825. The Morgan fingerprint density at radius 2 is 1.86 bits per heavy atom. The number of nitrogens with one attached hydrogen (secondary N) is 1. The Bertz CT molecular complexity index is 854. The third kappa shape index (κ3) is 4.81. The van der Waals surface area contributed by atoms with Gasteiger partial charge in [0, 0.05) is 24.4 Å². The fraction of sp³-hybridized carbons (Fsp3) is 0.480. The standard InChI is InChI=1S/C25H32N2O2/c1-18-9-10-21-22(16-25(2,3)29-23(21)15-18)26-24(28)20-11-13-27(14-12-20)17-19-7-5-4-6-8-19/h4-10,15,20,22H,11-14,16-17H2,1-3H3,(H,26,28)/t22-/m0/s1. The summed E-state index contributed by atoms with van der Waals surface area (Å²) in [4.78, 5) is 15.5. The minimum Gasteiger partial charge on any atom is -0.487 e. The van der Waals surface area contributed by atoms with E-state index in [4.69, 9.17) is 4.74 Å². The third-order valence-corrected chi connectivity index (χ3v) is 6.15. The first kappa shape index (κ1) is 20.0.